The van der Waals surface area contributed by atoms with E-state index in [0.717, 1.165) is 7.11 Å². The third kappa shape index (κ3) is 3.77. The number of hydrogen-bond donors (Lipinski definition) is 2. The van der Waals surface area contributed by atoms with Gasteiger partial charge in [0.25, 0.3) is 0 Å². The Balaban J connectivity index is 2.97. The smallest absolute Gasteiger partial charge is 0.326 e. The lowest BCUT2D eigenvalue weighted by molar-refractivity contribution is -0.143. The highest BCUT2D eigenvalue weighted by Gasteiger charge is 2.25. The zero-order valence-corrected chi connectivity index (χ0v) is 11.9. The van der Waals surface area contributed by atoms with Crippen LogP contribution in [0.15, 0.2) is 33.6 Å². The van der Waals surface area contributed by atoms with Gasteiger partial charge < -0.3 is 9.84 Å². The van der Waals surface area contributed by atoms with Gasteiger partial charge in [-0.05, 0) is 18.2 Å². The number of nitrogens with one attached hydrogen (secondary N) is 1. The summed E-state index contributed by atoms with van der Waals surface area (Å²) in [7, 11) is -2.78. The van der Waals surface area contributed by atoms with Crippen molar-refractivity contribution < 1.29 is 23.1 Å². The average Bonchev–Trinajstić information content (AvgIpc) is 2.35. The molecule has 0 saturated carbocycles. The number of carbonyl (C=O) groups is 1. The number of aliphatic hydroxyl groups is 1. The van der Waals surface area contributed by atoms with Crippen molar-refractivity contribution in [1.29, 1.82) is 0 Å². The molecule has 0 fully saturated rings. The number of benzene rings is 1. The Kier molecular flexibility index (Phi) is 5.27. The largest absolute Gasteiger partial charge is 0.468 e. The Bertz CT molecular complexity index is 531. The summed E-state index contributed by atoms with van der Waals surface area (Å²) in [5.41, 5.74) is 0. The molecular weight excluding hydrogens is 326 g/mol. The monoisotopic (exact) mass is 337 g/mol. The summed E-state index contributed by atoms with van der Waals surface area (Å²) in [5.74, 6) is -0.851. The van der Waals surface area contributed by atoms with Crippen molar-refractivity contribution in [3.63, 3.8) is 0 Å². The number of sulfonamides is 1. The summed E-state index contributed by atoms with van der Waals surface area (Å²) in [5, 5.41) is 8.96. The van der Waals surface area contributed by atoms with E-state index in [1.54, 1.807) is 12.1 Å². The summed E-state index contributed by atoms with van der Waals surface area (Å²) < 4.78 is 30.9. The second-order valence-electron chi connectivity index (χ2n) is 3.34. The lowest BCUT2D eigenvalue weighted by Gasteiger charge is -2.14. The topological polar surface area (TPSA) is 92.7 Å². The van der Waals surface area contributed by atoms with Gasteiger partial charge >= 0.3 is 5.97 Å². The van der Waals surface area contributed by atoms with Gasteiger partial charge in [-0.3, -0.25) is 4.79 Å². The Hall–Kier alpha value is -0.960. The van der Waals surface area contributed by atoms with Crippen LogP contribution in [0.4, 0.5) is 0 Å². The molecule has 0 aliphatic rings. The molecule has 6 nitrogen and oxygen atoms in total. The standard InChI is InChI=1S/C10H12BrNO5S/c1-17-10(14)9(6-13)12-18(15,16)8-4-2-3-7(11)5-8/h2-5,9,12-13H,6H2,1H3/t9-/m0/s1. The van der Waals surface area contributed by atoms with Crippen LogP contribution in [0.2, 0.25) is 0 Å². The number of esters is 1. The SMILES string of the molecule is COC(=O)[C@H](CO)NS(=O)(=O)c1cccc(Br)c1. The van der Waals surface area contributed by atoms with Gasteiger partial charge in [0.05, 0.1) is 18.6 Å². The van der Waals surface area contributed by atoms with Gasteiger partial charge in [-0.1, -0.05) is 22.0 Å². The van der Waals surface area contributed by atoms with Crippen molar-refractivity contribution in [3.05, 3.63) is 28.7 Å². The van der Waals surface area contributed by atoms with Crippen LogP contribution >= 0.6 is 15.9 Å². The third-order valence-corrected chi connectivity index (χ3v) is 4.03. The molecule has 2 N–H and O–H groups in total. The molecule has 100 valence electrons. The van der Waals surface area contributed by atoms with Gasteiger partial charge in [-0.25, -0.2) is 8.42 Å². The average molecular weight is 338 g/mol. The van der Waals surface area contributed by atoms with Crippen molar-refractivity contribution in [1.82, 2.24) is 4.72 Å². The molecule has 0 amide bonds. The molecule has 0 unspecified atom stereocenters. The molecule has 0 aliphatic carbocycles. The lowest BCUT2D eigenvalue weighted by Crippen LogP contribution is -2.43. The normalized spacial score (nSPS) is 13.1. The predicted molar refractivity (Wildman–Crippen MR) is 67.4 cm³/mol. The molecule has 0 radical (unpaired) electrons. The highest BCUT2D eigenvalue weighted by atomic mass is 79.9. The Morgan fingerprint density at radius 3 is 2.72 bits per heavy atom. The first kappa shape index (κ1) is 15.1. The summed E-state index contributed by atoms with van der Waals surface area (Å²) in [6.45, 7) is -0.681. The summed E-state index contributed by atoms with van der Waals surface area (Å²) in [6, 6.07) is 4.65. The molecule has 0 spiro atoms. The maximum atomic E-state index is 11.9. The highest BCUT2D eigenvalue weighted by Crippen LogP contribution is 2.16. The van der Waals surface area contributed by atoms with Crippen LogP contribution in [0, 0.1) is 0 Å². The molecular formula is C10H12BrNO5S. The fourth-order valence-electron chi connectivity index (χ4n) is 1.19. The van der Waals surface area contributed by atoms with E-state index in [0.29, 0.717) is 4.47 Å². The molecule has 1 rings (SSSR count). The fourth-order valence-corrected chi connectivity index (χ4v) is 2.96. The Morgan fingerprint density at radius 2 is 2.22 bits per heavy atom. The second kappa shape index (κ2) is 6.28. The summed E-state index contributed by atoms with van der Waals surface area (Å²) in [4.78, 5) is 11.2. The maximum Gasteiger partial charge on any atom is 0.326 e. The second-order valence-corrected chi connectivity index (χ2v) is 5.97. The van der Waals surface area contributed by atoms with Crippen LogP contribution in [0.5, 0.6) is 0 Å². The summed E-state index contributed by atoms with van der Waals surface area (Å²) >= 11 is 3.15. The van der Waals surface area contributed by atoms with Crippen LogP contribution in [0.25, 0.3) is 0 Å². The highest BCUT2D eigenvalue weighted by molar-refractivity contribution is 9.10. The molecule has 1 atom stereocenters. The number of ether oxygens (including phenoxy) is 1. The van der Waals surface area contributed by atoms with E-state index in [1.165, 1.54) is 12.1 Å². The molecule has 0 saturated heterocycles. The van der Waals surface area contributed by atoms with Gasteiger partial charge in [0.15, 0.2) is 0 Å². The van der Waals surface area contributed by atoms with Gasteiger partial charge in [-0.2, -0.15) is 4.72 Å². The quantitative estimate of drug-likeness (QED) is 0.752. The van der Waals surface area contributed by atoms with E-state index in [1.807, 2.05) is 0 Å². The minimum Gasteiger partial charge on any atom is -0.468 e. The number of carbonyl (C=O) groups excluding carboxylic acids is 1. The molecule has 8 heteroatoms. The van der Waals surface area contributed by atoms with Crippen molar-refractivity contribution in [2.75, 3.05) is 13.7 Å². The van der Waals surface area contributed by atoms with Crippen molar-refractivity contribution >= 4 is 31.9 Å². The predicted octanol–water partition coefficient (Wildman–Crippen LogP) is 0.261. The lowest BCUT2D eigenvalue weighted by atomic mass is 10.3. The first-order valence-corrected chi connectivity index (χ1v) is 7.15. The van der Waals surface area contributed by atoms with Crippen molar-refractivity contribution in [3.8, 4) is 0 Å². The van der Waals surface area contributed by atoms with E-state index in [2.05, 4.69) is 25.4 Å². The first-order valence-electron chi connectivity index (χ1n) is 4.87. The zero-order valence-electron chi connectivity index (χ0n) is 9.46. The van der Waals surface area contributed by atoms with E-state index in [9.17, 15) is 13.2 Å². The maximum absolute atomic E-state index is 11.9. The molecule has 18 heavy (non-hydrogen) atoms. The van der Waals surface area contributed by atoms with E-state index in [-0.39, 0.29) is 4.90 Å². The molecule has 0 aromatic heterocycles. The molecule has 1 aromatic rings. The Morgan fingerprint density at radius 1 is 1.56 bits per heavy atom. The van der Waals surface area contributed by atoms with Gasteiger partial charge in [0.1, 0.15) is 6.04 Å². The van der Waals surface area contributed by atoms with Crippen molar-refractivity contribution in [2.45, 2.75) is 10.9 Å². The van der Waals surface area contributed by atoms with Crippen LogP contribution in [0.1, 0.15) is 0 Å². The molecule has 0 aliphatic heterocycles. The number of aliphatic hydroxyl groups excluding tert-OH is 1. The van der Waals surface area contributed by atoms with Crippen molar-refractivity contribution in [2.24, 2.45) is 0 Å². The van der Waals surface area contributed by atoms with Gasteiger partial charge in [0.2, 0.25) is 10.0 Å². The third-order valence-electron chi connectivity index (χ3n) is 2.07. The molecule has 1 aromatic carbocycles. The van der Waals surface area contributed by atoms with Crippen LogP contribution in [0.3, 0.4) is 0 Å². The Labute approximate surface area is 113 Å². The minimum absolute atomic E-state index is 0.0146. The fraction of sp³-hybridized carbons (Fsp3) is 0.300. The van der Waals surface area contributed by atoms with E-state index in [4.69, 9.17) is 5.11 Å². The minimum atomic E-state index is -3.89. The number of halogens is 1. The van der Waals surface area contributed by atoms with Crippen LogP contribution in [-0.2, 0) is 19.6 Å². The van der Waals surface area contributed by atoms with E-state index >= 15 is 0 Å². The van der Waals surface area contributed by atoms with E-state index < -0.39 is 28.6 Å². The molecule has 0 bridgehead atoms. The number of rotatable bonds is 5. The number of hydrogen-bond acceptors (Lipinski definition) is 5. The van der Waals surface area contributed by atoms with Gasteiger partial charge in [-0.15, -0.1) is 0 Å². The first-order chi connectivity index (χ1) is 8.40. The number of methoxy groups -OCH3 is 1. The molecule has 0 heterocycles. The zero-order chi connectivity index (χ0) is 13.8. The summed E-state index contributed by atoms with van der Waals surface area (Å²) in [6.07, 6.45) is 0. The van der Waals surface area contributed by atoms with Crippen LogP contribution < -0.4 is 4.72 Å². The van der Waals surface area contributed by atoms with Gasteiger partial charge in [0, 0.05) is 4.47 Å². The van der Waals surface area contributed by atoms with Crippen LogP contribution in [-0.4, -0.2) is 39.3 Å².